The van der Waals surface area contributed by atoms with Crippen molar-refractivity contribution in [3.63, 3.8) is 0 Å². The van der Waals surface area contributed by atoms with Crippen molar-refractivity contribution < 1.29 is 19.8 Å². The molecule has 0 saturated heterocycles. The van der Waals surface area contributed by atoms with E-state index in [2.05, 4.69) is 10.6 Å². The number of benzene rings is 2. The number of aliphatic carboxylic acids is 1. The molecule has 0 bridgehead atoms. The van der Waals surface area contributed by atoms with Crippen molar-refractivity contribution in [2.75, 3.05) is 5.32 Å². The van der Waals surface area contributed by atoms with Gasteiger partial charge in [0, 0.05) is 5.69 Å². The number of aromatic hydroxyl groups is 1. The number of carbonyl (C=O) groups excluding carboxylic acids is 2. The highest BCUT2D eigenvalue weighted by atomic mass is 16.4. The smallest absolute Gasteiger partial charge is 0.319 e. The lowest BCUT2D eigenvalue weighted by atomic mass is 10.1. The van der Waals surface area contributed by atoms with E-state index in [9.17, 15) is 19.8 Å². The molecule has 22 heavy (non-hydrogen) atoms. The monoisotopic (exact) mass is 299 g/mol. The number of nitrogens with one attached hydrogen (secondary N) is 2. The van der Waals surface area contributed by atoms with Crippen molar-refractivity contribution in [2.24, 2.45) is 0 Å². The molecule has 2 amide bonds. The van der Waals surface area contributed by atoms with E-state index in [1.807, 2.05) is 0 Å². The van der Waals surface area contributed by atoms with Crippen molar-refractivity contribution in [2.45, 2.75) is 12.5 Å². The lowest BCUT2D eigenvalue weighted by Gasteiger charge is -2.20. The molecule has 2 rings (SSSR count). The highest BCUT2D eigenvalue weighted by Gasteiger charge is 2.14. The van der Waals surface area contributed by atoms with Crippen LogP contribution in [0.1, 0.15) is 5.56 Å². The Morgan fingerprint density at radius 3 is 2.27 bits per heavy atom. The largest absolute Gasteiger partial charge is 0.548 e. The number of hydrogen-bond acceptors (Lipinski definition) is 4. The predicted molar refractivity (Wildman–Crippen MR) is 79.2 cm³/mol. The molecule has 0 spiro atoms. The van der Waals surface area contributed by atoms with Crippen molar-refractivity contribution in [1.29, 1.82) is 0 Å². The van der Waals surface area contributed by atoms with E-state index in [-0.39, 0.29) is 12.2 Å². The summed E-state index contributed by atoms with van der Waals surface area (Å²) in [7, 11) is 0. The molecule has 0 aliphatic carbocycles. The maximum absolute atomic E-state index is 11.8. The second-order valence-electron chi connectivity index (χ2n) is 4.71. The Morgan fingerprint density at radius 2 is 1.68 bits per heavy atom. The third-order valence-corrected chi connectivity index (χ3v) is 3.00. The second-order valence-corrected chi connectivity index (χ2v) is 4.71. The van der Waals surface area contributed by atoms with E-state index in [0.717, 1.165) is 0 Å². The van der Waals surface area contributed by atoms with Crippen LogP contribution in [0.3, 0.4) is 0 Å². The van der Waals surface area contributed by atoms with Gasteiger partial charge in [-0.15, -0.1) is 0 Å². The Balaban J connectivity index is 1.98. The van der Waals surface area contributed by atoms with Gasteiger partial charge in [0.15, 0.2) is 0 Å². The van der Waals surface area contributed by atoms with Crippen molar-refractivity contribution in [3.05, 3.63) is 60.2 Å². The zero-order valence-corrected chi connectivity index (χ0v) is 11.7. The van der Waals surface area contributed by atoms with Crippen LogP contribution < -0.4 is 15.7 Å². The summed E-state index contributed by atoms with van der Waals surface area (Å²) in [6.45, 7) is 0. The first-order valence-corrected chi connectivity index (χ1v) is 6.66. The van der Waals surface area contributed by atoms with Gasteiger partial charge in [-0.3, -0.25) is 0 Å². The van der Waals surface area contributed by atoms with Crippen LogP contribution in [0.25, 0.3) is 0 Å². The first kappa shape index (κ1) is 15.4. The fourth-order valence-electron chi connectivity index (χ4n) is 1.91. The maximum Gasteiger partial charge on any atom is 0.319 e. The van der Waals surface area contributed by atoms with Gasteiger partial charge in [0.1, 0.15) is 5.75 Å². The van der Waals surface area contributed by atoms with Gasteiger partial charge in [0.05, 0.1) is 12.0 Å². The predicted octanol–water partition coefficient (Wildman–Crippen LogP) is 0.875. The number of carboxylic acids is 1. The molecule has 0 fully saturated rings. The van der Waals surface area contributed by atoms with Gasteiger partial charge in [-0.2, -0.15) is 0 Å². The van der Waals surface area contributed by atoms with Crippen LogP contribution in [0.5, 0.6) is 5.75 Å². The number of hydrogen-bond donors (Lipinski definition) is 3. The third kappa shape index (κ3) is 4.52. The summed E-state index contributed by atoms with van der Waals surface area (Å²) in [4.78, 5) is 23.0. The van der Waals surface area contributed by atoms with E-state index in [4.69, 9.17) is 0 Å². The van der Waals surface area contributed by atoms with Crippen molar-refractivity contribution >= 4 is 17.7 Å². The van der Waals surface area contributed by atoms with E-state index in [1.54, 1.807) is 42.5 Å². The highest BCUT2D eigenvalue weighted by molar-refractivity contribution is 5.92. The van der Waals surface area contributed by atoms with E-state index < -0.39 is 18.0 Å². The van der Waals surface area contributed by atoms with E-state index in [0.29, 0.717) is 11.3 Å². The minimum atomic E-state index is -1.38. The molecule has 0 aromatic heterocycles. The van der Waals surface area contributed by atoms with Gasteiger partial charge in [-0.25, -0.2) is 4.79 Å². The highest BCUT2D eigenvalue weighted by Crippen LogP contribution is 2.11. The lowest BCUT2D eigenvalue weighted by Crippen LogP contribution is -2.50. The van der Waals surface area contributed by atoms with Gasteiger partial charge < -0.3 is 25.6 Å². The Morgan fingerprint density at radius 1 is 1.05 bits per heavy atom. The molecular formula is C16H15N2O4-. The first-order chi connectivity index (χ1) is 10.5. The van der Waals surface area contributed by atoms with E-state index in [1.165, 1.54) is 12.1 Å². The van der Waals surface area contributed by atoms with Gasteiger partial charge in [-0.1, -0.05) is 30.3 Å². The lowest BCUT2D eigenvalue weighted by molar-refractivity contribution is -0.308. The molecule has 0 saturated carbocycles. The second kappa shape index (κ2) is 7.12. The minimum absolute atomic E-state index is 0.0603. The summed E-state index contributed by atoms with van der Waals surface area (Å²) < 4.78 is 0. The molecule has 2 aromatic rings. The van der Waals surface area contributed by atoms with Crippen molar-refractivity contribution in [1.82, 2.24) is 5.32 Å². The molecule has 0 aliphatic rings. The molecule has 2 aromatic carbocycles. The summed E-state index contributed by atoms with van der Waals surface area (Å²) in [5.41, 5.74) is 1.22. The fraction of sp³-hybridized carbons (Fsp3) is 0.125. The molecule has 6 nitrogen and oxygen atoms in total. The third-order valence-electron chi connectivity index (χ3n) is 3.00. The molecule has 0 radical (unpaired) electrons. The number of rotatable bonds is 5. The molecule has 3 N–H and O–H groups in total. The number of phenolic OH excluding ortho intramolecular Hbond substituents is 1. The Bertz CT molecular complexity index is 641. The summed E-state index contributed by atoms with van der Waals surface area (Å²) in [6.07, 6.45) is 0.0603. The van der Waals surface area contributed by atoms with Crippen LogP contribution in [-0.4, -0.2) is 23.1 Å². The summed E-state index contributed by atoms with van der Waals surface area (Å²) in [5, 5.41) is 25.3. The minimum Gasteiger partial charge on any atom is -0.548 e. The zero-order chi connectivity index (χ0) is 15.9. The van der Waals surface area contributed by atoms with E-state index >= 15 is 0 Å². The number of anilines is 1. The average molecular weight is 299 g/mol. The molecule has 0 unspecified atom stereocenters. The average Bonchev–Trinajstić information content (AvgIpc) is 2.49. The Kier molecular flexibility index (Phi) is 4.98. The Hall–Kier alpha value is -3.02. The molecular weight excluding hydrogens is 284 g/mol. The summed E-state index contributed by atoms with van der Waals surface area (Å²) >= 11 is 0. The number of phenols is 1. The first-order valence-electron chi connectivity index (χ1n) is 6.66. The van der Waals surface area contributed by atoms with Crippen molar-refractivity contribution in [3.8, 4) is 5.75 Å². The van der Waals surface area contributed by atoms with Crippen LogP contribution in [0.2, 0.25) is 0 Å². The van der Waals surface area contributed by atoms with Crippen LogP contribution in [0.4, 0.5) is 10.5 Å². The molecule has 0 heterocycles. The topological polar surface area (TPSA) is 101 Å². The van der Waals surface area contributed by atoms with Gasteiger partial charge in [0.25, 0.3) is 0 Å². The summed E-state index contributed by atoms with van der Waals surface area (Å²) in [5.74, 6) is -1.29. The number of urea groups is 1. The van der Waals surface area contributed by atoms with Crippen LogP contribution >= 0.6 is 0 Å². The number of carboxylic acid groups (broad SMARTS) is 1. The fourth-order valence-corrected chi connectivity index (χ4v) is 1.91. The van der Waals surface area contributed by atoms with Gasteiger partial charge >= 0.3 is 6.03 Å². The molecule has 6 heteroatoms. The van der Waals surface area contributed by atoms with Crippen LogP contribution in [-0.2, 0) is 11.2 Å². The number of amides is 2. The standard InChI is InChI=1S/C16H16N2O4/c19-13-8-6-11(7-9-13)10-14(15(20)21)18-16(22)17-12-4-2-1-3-5-12/h1-9,14,19H,10H2,(H,20,21)(H2,17,18,22)/p-1/t14-/m1/s1. The normalized spacial score (nSPS) is 11.5. The molecule has 114 valence electrons. The number of carbonyl (C=O) groups is 2. The zero-order valence-electron chi connectivity index (χ0n) is 11.7. The SMILES string of the molecule is O=C(Nc1ccccc1)N[C@H](Cc1ccc(O)cc1)C(=O)[O-]. The van der Waals surface area contributed by atoms with Crippen LogP contribution in [0, 0.1) is 0 Å². The quantitative estimate of drug-likeness (QED) is 0.762. The summed E-state index contributed by atoms with van der Waals surface area (Å²) in [6, 6.07) is 13.0. The van der Waals surface area contributed by atoms with Crippen LogP contribution in [0.15, 0.2) is 54.6 Å². The maximum atomic E-state index is 11.8. The number of para-hydroxylation sites is 1. The molecule has 1 atom stereocenters. The Labute approximate surface area is 127 Å². The van der Waals surface area contributed by atoms with Gasteiger partial charge in [-0.05, 0) is 36.2 Å². The van der Waals surface area contributed by atoms with Gasteiger partial charge in [0.2, 0.25) is 0 Å². The molecule has 0 aliphatic heterocycles.